The maximum absolute atomic E-state index is 12.7. The van der Waals surface area contributed by atoms with E-state index in [2.05, 4.69) is 15.6 Å². The molecule has 0 radical (unpaired) electrons. The molecule has 0 atom stereocenters. The average Bonchev–Trinajstić information content (AvgIpc) is 3.04. The number of nitrogens with one attached hydrogen (secondary N) is 1. The molecule has 3 rings (SSSR count). The molecule has 2 fully saturated rings. The number of piperidine rings is 1. The van der Waals surface area contributed by atoms with E-state index in [1.807, 2.05) is 22.8 Å². The Kier molecular flexibility index (Phi) is 7.49. The summed E-state index contributed by atoms with van der Waals surface area (Å²) in [5.41, 5.74) is 0.494. The van der Waals surface area contributed by atoms with Crippen LogP contribution in [0.5, 0.6) is 0 Å². The number of halogens is 1. The summed E-state index contributed by atoms with van der Waals surface area (Å²) < 4.78 is 1.89. The van der Waals surface area contributed by atoms with Gasteiger partial charge in [-0.15, -0.1) is 17.5 Å². The zero-order valence-corrected chi connectivity index (χ0v) is 15.4. The van der Waals surface area contributed by atoms with Crippen LogP contribution in [0.3, 0.4) is 0 Å². The van der Waals surface area contributed by atoms with E-state index in [-0.39, 0.29) is 18.3 Å². The Labute approximate surface area is 150 Å². The van der Waals surface area contributed by atoms with E-state index in [9.17, 15) is 4.79 Å². The minimum atomic E-state index is 0. The normalized spacial score (nSPS) is 20.7. The van der Waals surface area contributed by atoms with Crippen molar-refractivity contribution in [3.8, 4) is 0 Å². The highest BCUT2D eigenvalue weighted by atomic mass is 35.5. The molecule has 1 aromatic rings. The van der Waals surface area contributed by atoms with Crippen LogP contribution in [-0.2, 0) is 0 Å². The summed E-state index contributed by atoms with van der Waals surface area (Å²) in [6.45, 7) is 2.02. The van der Waals surface area contributed by atoms with Crippen molar-refractivity contribution >= 4 is 18.3 Å². The standard InChI is InChI=1S/C17H29N5O.ClH/c1-21(14-7-5-3-2-4-6-8-14)17(23)16-13-22(20-19-16)15-9-11-18-12-10-15;/h13-15,18H,2-12H2,1H3;1H. The first-order chi connectivity index (χ1) is 11.3. The molecule has 7 heteroatoms. The molecule has 0 bridgehead atoms. The molecule has 1 saturated heterocycles. The highest BCUT2D eigenvalue weighted by Crippen LogP contribution is 2.22. The molecule has 1 aliphatic carbocycles. The van der Waals surface area contributed by atoms with E-state index >= 15 is 0 Å². The predicted molar refractivity (Wildman–Crippen MR) is 96.6 cm³/mol. The van der Waals surface area contributed by atoms with Gasteiger partial charge in [0.2, 0.25) is 0 Å². The Hall–Kier alpha value is -1.14. The predicted octanol–water partition coefficient (Wildman–Crippen LogP) is 2.81. The second kappa shape index (κ2) is 9.37. The van der Waals surface area contributed by atoms with Crippen molar-refractivity contribution in [2.75, 3.05) is 20.1 Å². The second-order valence-electron chi connectivity index (χ2n) is 6.98. The van der Waals surface area contributed by atoms with Gasteiger partial charge >= 0.3 is 0 Å². The molecule has 2 heterocycles. The summed E-state index contributed by atoms with van der Waals surface area (Å²) in [5, 5.41) is 11.7. The zero-order chi connectivity index (χ0) is 16.1. The number of amides is 1. The van der Waals surface area contributed by atoms with Crippen molar-refractivity contribution in [2.24, 2.45) is 0 Å². The fraction of sp³-hybridized carbons (Fsp3) is 0.824. The molecular formula is C17H30ClN5O. The van der Waals surface area contributed by atoms with Crippen molar-refractivity contribution in [3.63, 3.8) is 0 Å². The number of hydrogen-bond donors (Lipinski definition) is 1. The number of carbonyl (C=O) groups excluding carboxylic acids is 1. The van der Waals surface area contributed by atoms with Gasteiger partial charge in [-0.3, -0.25) is 4.79 Å². The molecule has 1 N–H and O–H groups in total. The molecule has 0 unspecified atom stereocenters. The molecule has 0 aromatic carbocycles. The van der Waals surface area contributed by atoms with Crippen molar-refractivity contribution in [1.29, 1.82) is 0 Å². The van der Waals surface area contributed by atoms with Gasteiger partial charge in [0.25, 0.3) is 5.91 Å². The maximum atomic E-state index is 12.7. The molecule has 0 spiro atoms. The summed E-state index contributed by atoms with van der Waals surface area (Å²) in [5.74, 6) is 0.0238. The number of aromatic nitrogens is 3. The van der Waals surface area contributed by atoms with Gasteiger partial charge in [-0.25, -0.2) is 4.68 Å². The molecular weight excluding hydrogens is 326 g/mol. The summed E-state index contributed by atoms with van der Waals surface area (Å²) in [6.07, 6.45) is 12.6. The van der Waals surface area contributed by atoms with Gasteiger partial charge in [0.1, 0.15) is 0 Å². The van der Waals surface area contributed by atoms with Gasteiger partial charge in [-0.05, 0) is 38.8 Å². The van der Waals surface area contributed by atoms with E-state index in [4.69, 9.17) is 0 Å². The Bertz CT molecular complexity index is 507. The fourth-order valence-corrected chi connectivity index (χ4v) is 3.79. The lowest BCUT2D eigenvalue weighted by Gasteiger charge is -2.29. The van der Waals surface area contributed by atoms with Crippen LogP contribution in [0.4, 0.5) is 0 Å². The van der Waals surface area contributed by atoms with Gasteiger partial charge in [-0.1, -0.05) is 37.3 Å². The lowest BCUT2D eigenvalue weighted by atomic mass is 9.96. The lowest BCUT2D eigenvalue weighted by molar-refractivity contribution is 0.0700. The smallest absolute Gasteiger partial charge is 0.276 e. The van der Waals surface area contributed by atoms with Crippen LogP contribution in [0.1, 0.15) is 74.3 Å². The van der Waals surface area contributed by atoms with Crippen LogP contribution in [0, 0.1) is 0 Å². The molecule has 24 heavy (non-hydrogen) atoms. The van der Waals surface area contributed by atoms with Gasteiger partial charge in [-0.2, -0.15) is 0 Å². The third kappa shape index (κ3) is 4.70. The molecule has 1 amide bonds. The quantitative estimate of drug-likeness (QED) is 0.905. The topological polar surface area (TPSA) is 63.1 Å². The highest BCUT2D eigenvalue weighted by Gasteiger charge is 2.25. The highest BCUT2D eigenvalue weighted by molar-refractivity contribution is 5.91. The third-order valence-electron chi connectivity index (χ3n) is 5.35. The number of nitrogens with zero attached hydrogens (tertiary/aromatic N) is 4. The first kappa shape index (κ1) is 19.2. The molecule has 2 aliphatic rings. The summed E-state index contributed by atoms with van der Waals surface area (Å²) in [4.78, 5) is 14.6. The van der Waals surface area contributed by atoms with Crippen molar-refractivity contribution < 1.29 is 4.79 Å². The van der Waals surface area contributed by atoms with E-state index in [0.29, 0.717) is 17.8 Å². The molecule has 1 aromatic heterocycles. The summed E-state index contributed by atoms with van der Waals surface area (Å²) in [6, 6.07) is 0.726. The van der Waals surface area contributed by atoms with Crippen LogP contribution < -0.4 is 5.32 Å². The van der Waals surface area contributed by atoms with E-state index in [1.165, 1.54) is 32.1 Å². The van der Waals surface area contributed by atoms with Crippen LogP contribution >= 0.6 is 12.4 Å². The van der Waals surface area contributed by atoms with Gasteiger partial charge in [0.15, 0.2) is 5.69 Å². The van der Waals surface area contributed by atoms with Crippen molar-refractivity contribution in [3.05, 3.63) is 11.9 Å². The van der Waals surface area contributed by atoms with Crippen molar-refractivity contribution in [1.82, 2.24) is 25.2 Å². The molecule has 1 aliphatic heterocycles. The summed E-state index contributed by atoms with van der Waals surface area (Å²) >= 11 is 0. The van der Waals surface area contributed by atoms with Crippen LogP contribution in [0.2, 0.25) is 0 Å². The molecule has 6 nitrogen and oxygen atoms in total. The van der Waals surface area contributed by atoms with E-state index in [1.54, 1.807) is 0 Å². The number of carbonyl (C=O) groups is 1. The fourth-order valence-electron chi connectivity index (χ4n) is 3.79. The van der Waals surface area contributed by atoms with E-state index in [0.717, 1.165) is 38.8 Å². The maximum Gasteiger partial charge on any atom is 0.276 e. The Morgan fingerprint density at radius 3 is 2.42 bits per heavy atom. The van der Waals surface area contributed by atoms with Gasteiger partial charge < -0.3 is 10.2 Å². The number of rotatable bonds is 3. The van der Waals surface area contributed by atoms with Gasteiger partial charge in [0.05, 0.1) is 12.2 Å². The molecule has 1 saturated carbocycles. The summed E-state index contributed by atoms with van der Waals surface area (Å²) in [7, 11) is 1.93. The second-order valence-corrected chi connectivity index (χ2v) is 6.98. The first-order valence-electron chi connectivity index (χ1n) is 9.15. The monoisotopic (exact) mass is 355 g/mol. The Morgan fingerprint density at radius 2 is 1.75 bits per heavy atom. The average molecular weight is 356 g/mol. The SMILES string of the molecule is CN(C(=O)c1cn(C2CCNCC2)nn1)C1CCCCCCC1.Cl. The van der Waals surface area contributed by atoms with Crippen LogP contribution in [0.25, 0.3) is 0 Å². The van der Waals surface area contributed by atoms with Crippen LogP contribution in [0.15, 0.2) is 6.20 Å². The lowest BCUT2D eigenvalue weighted by Crippen LogP contribution is -2.37. The Balaban J connectivity index is 0.00000208. The minimum absolute atomic E-state index is 0. The van der Waals surface area contributed by atoms with Crippen molar-refractivity contribution in [2.45, 2.75) is 69.9 Å². The van der Waals surface area contributed by atoms with E-state index < -0.39 is 0 Å². The largest absolute Gasteiger partial charge is 0.337 e. The number of hydrogen-bond acceptors (Lipinski definition) is 4. The van der Waals surface area contributed by atoms with Crippen LogP contribution in [-0.4, -0.2) is 52.0 Å². The molecule has 136 valence electrons. The third-order valence-corrected chi connectivity index (χ3v) is 5.35. The Morgan fingerprint density at radius 1 is 1.12 bits per heavy atom. The first-order valence-corrected chi connectivity index (χ1v) is 9.15. The minimum Gasteiger partial charge on any atom is -0.337 e. The zero-order valence-electron chi connectivity index (χ0n) is 14.6. The van der Waals surface area contributed by atoms with Gasteiger partial charge in [0, 0.05) is 13.1 Å².